The summed E-state index contributed by atoms with van der Waals surface area (Å²) in [4.78, 5) is 17.0. The van der Waals surface area contributed by atoms with Crippen molar-refractivity contribution in [3.8, 4) is 0 Å². The highest BCUT2D eigenvalue weighted by molar-refractivity contribution is 5.44. The number of nitrogens with zero attached hydrogens (tertiary/aromatic N) is 5. The molecule has 1 aromatic rings. The highest BCUT2D eigenvalue weighted by Crippen LogP contribution is 2.32. The Labute approximate surface area is 112 Å². The molecule has 7 nitrogen and oxygen atoms in total. The molecule has 1 aliphatic heterocycles. The highest BCUT2D eigenvalue weighted by Gasteiger charge is 2.37. The number of aromatic nitrogens is 3. The minimum absolute atomic E-state index is 0.273. The summed E-state index contributed by atoms with van der Waals surface area (Å²) in [6, 6.07) is 0.380. The summed E-state index contributed by atoms with van der Waals surface area (Å²) >= 11 is 0. The first kappa shape index (κ1) is 12.4. The van der Waals surface area contributed by atoms with Crippen molar-refractivity contribution in [2.75, 3.05) is 42.8 Å². The maximum absolute atomic E-state index is 5.81. The first-order chi connectivity index (χ1) is 9.15. The predicted octanol–water partition coefficient (Wildman–Crippen LogP) is 0.277. The van der Waals surface area contributed by atoms with Crippen molar-refractivity contribution in [1.82, 2.24) is 15.0 Å². The van der Waals surface area contributed by atoms with Gasteiger partial charge in [0.1, 0.15) is 0 Å². The first-order valence-electron chi connectivity index (χ1n) is 6.72. The zero-order valence-corrected chi connectivity index (χ0v) is 11.4. The van der Waals surface area contributed by atoms with Crippen LogP contribution in [-0.4, -0.2) is 54.3 Å². The normalized spacial score (nSPS) is 26.3. The second-order valence-electron chi connectivity index (χ2n) is 5.29. The topological polar surface area (TPSA) is 80.4 Å². The Balaban J connectivity index is 1.92. The molecule has 0 bridgehead atoms. The van der Waals surface area contributed by atoms with Gasteiger partial charge >= 0.3 is 0 Å². The van der Waals surface area contributed by atoms with Crippen molar-refractivity contribution >= 4 is 17.8 Å². The molecule has 1 saturated heterocycles. The number of rotatable bonds is 2. The summed E-state index contributed by atoms with van der Waals surface area (Å²) in [6.07, 6.45) is 3.78. The van der Waals surface area contributed by atoms with Crippen molar-refractivity contribution in [3.63, 3.8) is 0 Å². The Morgan fingerprint density at radius 3 is 2.89 bits per heavy atom. The molecule has 2 unspecified atom stereocenters. The Hall–Kier alpha value is -1.63. The summed E-state index contributed by atoms with van der Waals surface area (Å²) < 4.78 is 5.81. The molecule has 104 valence electrons. The number of hydrogen-bond donors (Lipinski definition) is 1. The van der Waals surface area contributed by atoms with Gasteiger partial charge < -0.3 is 20.3 Å². The largest absolute Gasteiger partial charge is 0.374 e. The van der Waals surface area contributed by atoms with Crippen LogP contribution in [-0.2, 0) is 4.74 Å². The monoisotopic (exact) mass is 264 g/mol. The number of ether oxygens (including phenoxy) is 1. The zero-order chi connectivity index (χ0) is 13.4. The molecule has 2 N–H and O–H groups in total. The Morgan fingerprint density at radius 2 is 2.11 bits per heavy atom. The molecule has 2 fully saturated rings. The van der Waals surface area contributed by atoms with Crippen molar-refractivity contribution in [3.05, 3.63) is 0 Å². The number of nitrogens with two attached hydrogens (primary N) is 1. The van der Waals surface area contributed by atoms with Crippen LogP contribution >= 0.6 is 0 Å². The van der Waals surface area contributed by atoms with E-state index >= 15 is 0 Å². The van der Waals surface area contributed by atoms with Gasteiger partial charge in [-0.05, 0) is 19.3 Å². The van der Waals surface area contributed by atoms with Gasteiger partial charge in [0.05, 0.1) is 18.8 Å². The van der Waals surface area contributed by atoms with Gasteiger partial charge in [-0.1, -0.05) is 0 Å². The van der Waals surface area contributed by atoms with Crippen molar-refractivity contribution in [1.29, 1.82) is 0 Å². The second kappa shape index (κ2) is 4.80. The van der Waals surface area contributed by atoms with Gasteiger partial charge in [-0.25, -0.2) is 0 Å². The van der Waals surface area contributed by atoms with E-state index in [0.29, 0.717) is 24.0 Å². The summed E-state index contributed by atoms with van der Waals surface area (Å²) in [6.45, 7) is 1.54. The van der Waals surface area contributed by atoms with Crippen molar-refractivity contribution in [2.45, 2.75) is 31.4 Å². The number of nitrogen functional groups attached to an aromatic ring is 1. The lowest BCUT2D eigenvalue weighted by atomic mass is 10.1. The van der Waals surface area contributed by atoms with E-state index in [2.05, 4.69) is 19.9 Å². The number of hydrogen-bond acceptors (Lipinski definition) is 7. The predicted molar refractivity (Wildman–Crippen MR) is 73.3 cm³/mol. The molecule has 3 rings (SSSR count). The van der Waals surface area contributed by atoms with E-state index in [1.54, 1.807) is 0 Å². The van der Waals surface area contributed by atoms with E-state index in [9.17, 15) is 0 Å². The van der Waals surface area contributed by atoms with Crippen LogP contribution in [0.15, 0.2) is 0 Å². The van der Waals surface area contributed by atoms with Crippen LogP contribution in [0.3, 0.4) is 0 Å². The van der Waals surface area contributed by atoms with Gasteiger partial charge in [-0.2, -0.15) is 15.0 Å². The van der Waals surface area contributed by atoms with Gasteiger partial charge in [0.25, 0.3) is 0 Å². The maximum atomic E-state index is 5.81. The highest BCUT2D eigenvalue weighted by atomic mass is 16.5. The Morgan fingerprint density at radius 1 is 1.26 bits per heavy atom. The quantitative estimate of drug-likeness (QED) is 0.821. The molecule has 0 amide bonds. The molecule has 1 aliphatic carbocycles. The number of fused-ring (bicyclic) bond motifs is 1. The smallest absolute Gasteiger partial charge is 0.232 e. The van der Waals surface area contributed by atoms with Crippen molar-refractivity contribution in [2.24, 2.45) is 0 Å². The summed E-state index contributed by atoms with van der Waals surface area (Å²) in [5.74, 6) is 1.55. The summed E-state index contributed by atoms with van der Waals surface area (Å²) in [7, 11) is 3.80. The fourth-order valence-electron chi connectivity index (χ4n) is 2.87. The molecule has 7 heteroatoms. The molecular formula is C12H20N6O. The second-order valence-corrected chi connectivity index (χ2v) is 5.29. The molecule has 19 heavy (non-hydrogen) atoms. The van der Waals surface area contributed by atoms with E-state index < -0.39 is 0 Å². The lowest BCUT2D eigenvalue weighted by Gasteiger charge is -2.37. The third kappa shape index (κ3) is 2.30. The Kier molecular flexibility index (Phi) is 3.14. The van der Waals surface area contributed by atoms with Gasteiger partial charge in [0.2, 0.25) is 17.8 Å². The molecule has 1 saturated carbocycles. The molecule has 2 aliphatic rings. The third-order valence-corrected chi connectivity index (χ3v) is 3.77. The average molecular weight is 264 g/mol. The van der Waals surface area contributed by atoms with E-state index in [0.717, 1.165) is 26.0 Å². The Bertz CT molecular complexity index is 466. The minimum atomic E-state index is 0.273. The van der Waals surface area contributed by atoms with Crippen LogP contribution in [0.5, 0.6) is 0 Å². The van der Waals surface area contributed by atoms with Gasteiger partial charge in [0.15, 0.2) is 0 Å². The van der Waals surface area contributed by atoms with Crippen LogP contribution in [0.1, 0.15) is 19.3 Å². The summed E-state index contributed by atoms with van der Waals surface area (Å²) in [5.41, 5.74) is 5.79. The molecule has 2 atom stereocenters. The SMILES string of the molecule is CN(C)c1nc(N)nc(N2CCOC3CCCC32)n1. The van der Waals surface area contributed by atoms with Crippen molar-refractivity contribution < 1.29 is 4.74 Å². The molecular weight excluding hydrogens is 244 g/mol. The number of morpholine rings is 1. The van der Waals surface area contributed by atoms with E-state index in [4.69, 9.17) is 10.5 Å². The van der Waals surface area contributed by atoms with Crippen LogP contribution in [0.25, 0.3) is 0 Å². The van der Waals surface area contributed by atoms with Crippen LogP contribution in [0.4, 0.5) is 17.8 Å². The maximum Gasteiger partial charge on any atom is 0.232 e. The molecule has 1 aromatic heterocycles. The molecule has 2 heterocycles. The number of anilines is 3. The average Bonchev–Trinajstić information content (AvgIpc) is 2.85. The van der Waals surface area contributed by atoms with Crippen LogP contribution in [0, 0.1) is 0 Å². The standard InChI is InChI=1S/C12H20N6O/c1-17(2)11-14-10(13)15-12(16-11)18-6-7-19-9-5-3-4-8(9)18/h8-9H,3-7H2,1-2H3,(H2,13,14,15,16). The zero-order valence-electron chi connectivity index (χ0n) is 11.4. The van der Waals surface area contributed by atoms with E-state index in [1.807, 2.05) is 19.0 Å². The fourth-order valence-corrected chi connectivity index (χ4v) is 2.87. The first-order valence-corrected chi connectivity index (χ1v) is 6.72. The summed E-state index contributed by atoms with van der Waals surface area (Å²) in [5, 5.41) is 0. The third-order valence-electron chi connectivity index (χ3n) is 3.77. The van der Waals surface area contributed by atoms with E-state index in [1.165, 1.54) is 6.42 Å². The fraction of sp³-hybridized carbons (Fsp3) is 0.750. The molecule has 0 aromatic carbocycles. The molecule has 0 radical (unpaired) electrons. The van der Waals surface area contributed by atoms with Gasteiger partial charge in [0, 0.05) is 20.6 Å². The van der Waals surface area contributed by atoms with Crippen LogP contribution < -0.4 is 15.5 Å². The van der Waals surface area contributed by atoms with Gasteiger partial charge in [-0.3, -0.25) is 0 Å². The van der Waals surface area contributed by atoms with Gasteiger partial charge in [-0.15, -0.1) is 0 Å². The minimum Gasteiger partial charge on any atom is -0.374 e. The lowest BCUT2D eigenvalue weighted by molar-refractivity contribution is 0.0250. The lowest BCUT2D eigenvalue weighted by Crippen LogP contribution is -2.49. The van der Waals surface area contributed by atoms with E-state index in [-0.39, 0.29) is 5.95 Å². The van der Waals surface area contributed by atoms with Crippen LogP contribution in [0.2, 0.25) is 0 Å². The molecule has 0 spiro atoms.